The third kappa shape index (κ3) is 6.62. The molecule has 0 aliphatic rings. The Labute approximate surface area is 130 Å². The normalized spacial score (nSPS) is 12.6. The first kappa shape index (κ1) is 18.0. The molecule has 1 atom stereocenters. The van der Waals surface area contributed by atoms with Crippen molar-refractivity contribution in [1.82, 2.24) is 15.6 Å². The number of ether oxygens (including phenoxy) is 2. The van der Waals surface area contributed by atoms with Gasteiger partial charge in [-0.3, -0.25) is 0 Å². The van der Waals surface area contributed by atoms with Crippen LogP contribution >= 0.6 is 0 Å². The van der Waals surface area contributed by atoms with E-state index in [1.54, 1.807) is 6.07 Å². The van der Waals surface area contributed by atoms with Crippen LogP contribution in [0.15, 0.2) is 12.1 Å². The summed E-state index contributed by atoms with van der Waals surface area (Å²) in [7, 11) is 1.34. The molecule has 0 saturated heterocycles. The zero-order valence-corrected chi connectivity index (χ0v) is 13.8. The van der Waals surface area contributed by atoms with Gasteiger partial charge in [0.25, 0.3) is 0 Å². The second kappa shape index (κ2) is 7.84. The summed E-state index contributed by atoms with van der Waals surface area (Å²) in [4.78, 5) is 25.8. The lowest BCUT2D eigenvalue weighted by atomic mass is 10.2. The molecule has 0 aliphatic carbocycles. The Morgan fingerprint density at radius 2 is 2.00 bits per heavy atom. The molecule has 1 rings (SSSR count). The molecule has 0 radical (unpaired) electrons. The maximum atomic E-state index is 11.5. The number of aromatic nitrogens is 1. The molecule has 0 aliphatic heterocycles. The van der Waals surface area contributed by atoms with Crippen LogP contribution in [0, 0.1) is 0 Å². The summed E-state index contributed by atoms with van der Waals surface area (Å²) in [5.41, 5.74) is 0.776. The van der Waals surface area contributed by atoms with E-state index >= 15 is 0 Å². The molecule has 124 valence electrons. The number of methoxy groups -OCH3 is 1. The Balaban J connectivity index is 2.31. The maximum Gasteiger partial charge on any atom is 0.407 e. The zero-order valence-electron chi connectivity index (χ0n) is 13.8. The number of hydrogen-bond donors (Lipinski definition) is 3. The van der Waals surface area contributed by atoms with Crippen LogP contribution in [0.5, 0.6) is 0 Å². The minimum absolute atomic E-state index is 0.0531. The van der Waals surface area contributed by atoms with Crippen LogP contribution < -0.4 is 10.6 Å². The molecule has 1 amide bonds. The molecule has 0 spiro atoms. The van der Waals surface area contributed by atoms with Gasteiger partial charge in [-0.25, -0.2) is 9.59 Å². The molecule has 22 heavy (non-hydrogen) atoms. The molecule has 1 aromatic heterocycles. The number of carbonyl (C=O) groups is 2. The Bertz CT molecular complexity index is 505. The fourth-order valence-corrected chi connectivity index (χ4v) is 1.68. The zero-order chi connectivity index (χ0) is 16.8. The highest BCUT2D eigenvalue weighted by atomic mass is 16.6. The van der Waals surface area contributed by atoms with Crippen molar-refractivity contribution in [3.05, 3.63) is 23.5 Å². The minimum atomic E-state index is -0.505. The van der Waals surface area contributed by atoms with Gasteiger partial charge in [0, 0.05) is 24.8 Å². The van der Waals surface area contributed by atoms with E-state index in [-0.39, 0.29) is 6.04 Å². The summed E-state index contributed by atoms with van der Waals surface area (Å²) in [6, 6.07) is 3.54. The van der Waals surface area contributed by atoms with Crippen LogP contribution in [0.25, 0.3) is 0 Å². The summed E-state index contributed by atoms with van der Waals surface area (Å²) >= 11 is 0. The highest BCUT2D eigenvalue weighted by Gasteiger charge is 2.16. The largest absolute Gasteiger partial charge is 0.464 e. The van der Waals surface area contributed by atoms with Gasteiger partial charge in [-0.1, -0.05) is 0 Å². The average Bonchev–Trinajstić information content (AvgIpc) is 2.89. The smallest absolute Gasteiger partial charge is 0.407 e. The fraction of sp³-hybridized carbons (Fsp3) is 0.600. The minimum Gasteiger partial charge on any atom is -0.464 e. The Morgan fingerprint density at radius 3 is 2.59 bits per heavy atom. The lowest BCUT2D eigenvalue weighted by Crippen LogP contribution is -2.41. The number of amides is 1. The third-order valence-electron chi connectivity index (χ3n) is 2.74. The van der Waals surface area contributed by atoms with Crippen LogP contribution in [0.3, 0.4) is 0 Å². The van der Waals surface area contributed by atoms with Crippen LogP contribution in [0.1, 0.15) is 43.9 Å². The van der Waals surface area contributed by atoms with Crippen molar-refractivity contribution >= 4 is 12.1 Å². The highest BCUT2D eigenvalue weighted by molar-refractivity contribution is 5.87. The standard InChI is InChI=1S/C15H25N3O4/c1-10(8-17-14(20)22-15(2,3)4)16-9-11-6-7-12(18-11)13(19)21-5/h6-7,10,16,18H,8-9H2,1-5H3,(H,17,20). The first-order valence-electron chi connectivity index (χ1n) is 7.17. The van der Waals surface area contributed by atoms with Gasteiger partial charge in [-0.05, 0) is 39.8 Å². The second-order valence-corrected chi connectivity index (χ2v) is 6.05. The number of H-pyrrole nitrogens is 1. The monoisotopic (exact) mass is 311 g/mol. The van der Waals surface area contributed by atoms with Gasteiger partial charge in [0.2, 0.25) is 0 Å². The predicted octanol–water partition coefficient (Wildman–Crippen LogP) is 1.80. The van der Waals surface area contributed by atoms with Gasteiger partial charge >= 0.3 is 12.1 Å². The van der Waals surface area contributed by atoms with Crippen LogP contribution in [0.2, 0.25) is 0 Å². The second-order valence-electron chi connectivity index (χ2n) is 6.05. The van der Waals surface area contributed by atoms with Crippen LogP contribution in [-0.2, 0) is 16.0 Å². The van der Waals surface area contributed by atoms with E-state index < -0.39 is 17.7 Å². The molecule has 1 heterocycles. The number of hydrogen-bond acceptors (Lipinski definition) is 5. The summed E-state index contributed by atoms with van der Waals surface area (Å²) < 4.78 is 9.79. The Kier molecular flexibility index (Phi) is 6.42. The molecule has 0 bridgehead atoms. The molecular weight excluding hydrogens is 286 g/mol. The molecule has 0 aromatic carbocycles. The van der Waals surface area contributed by atoms with E-state index in [0.717, 1.165) is 5.69 Å². The van der Waals surface area contributed by atoms with Crippen molar-refractivity contribution in [2.24, 2.45) is 0 Å². The van der Waals surface area contributed by atoms with Gasteiger partial charge < -0.3 is 25.1 Å². The van der Waals surface area contributed by atoms with Crippen LogP contribution in [-0.4, -0.2) is 42.3 Å². The molecule has 0 fully saturated rings. The molecule has 7 heteroatoms. The molecule has 3 N–H and O–H groups in total. The van der Waals surface area contributed by atoms with Crippen molar-refractivity contribution in [1.29, 1.82) is 0 Å². The SMILES string of the molecule is COC(=O)c1ccc(CNC(C)CNC(=O)OC(C)(C)C)[nH]1. The Morgan fingerprint density at radius 1 is 1.32 bits per heavy atom. The van der Waals surface area contributed by atoms with Gasteiger partial charge in [-0.2, -0.15) is 0 Å². The number of alkyl carbamates (subject to hydrolysis) is 1. The number of nitrogens with one attached hydrogen (secondary N) is 3. The average molecular weight is 311 g/mol. The molecule has 0 saturated carbocycles. The van der Waals surface area contributed by atoms with Gasteiger partial charge in [0.15, 0.2) is 0 Å². The van der Waals surface area contributed by atoms with E-state index in [9.17, 15) is 9.59 Å². The topological polar surface area (TPSA) is 92.5 Å². The quantitative estimate of drug-likeness (QED) is 0.697. The maximum absolute atomic E-state index is 11.5. The van der Waals surface area contributed by atoms with E-state index in [2.05, 4.69) is 20.4 Å². The first-order chi connectivity index (χ1) is 10.2. The van der Waals surface area contributed by atoms with E-state index in [4.69, 9.17) is 4.74 Å². The van der Waals surface area contributed by atoms with E-state index in [1.165, 1.54) is 7.11 Å². The molecule has 1 aromatic rings. The van der Waals surface area contributed by atoms with Crippen molar-refractivity contribution in [2.45, 2.75) is 45.9 Å². The summed E-state index contributed by atoms with van der Waals surface area (Å²) in [5, 5.41) is 5.93. The number of aromatic amines is 1. The fourth-order valence-electron chi connectivity index (χ4n) is 1.68. The van der Waals surface area contributed by atoms with E-state index in [1.807, 2.05) is 33.8 Å². The van der Waals surface area contributed by atoms with Gasteiger partial charge in [-0.15, -0.1) is 0 Å². The predicted molar refractivity (Wildman–Crippen MR) is 82.7 cm³/mol. The third-order valence-corrected chi connectivity index (χ3v) is 2.74. The molecule has 1 unspecified atom stereocenters. The number of esters is 1. The van der Waals surface area contributed by atoms with Crippen molar-refractivity contribution in [3.8, 4) is 0 Å². The number of rotatable bonds is 6. The van der Waals surface area contributed by atoms with Crippen molar-refractivity contribution in [2.75, 3.05) is 13.7 Å². The summed E-state index contributed by atoms with van der Waals surface area (Å²) in [5.74, 6) is -0.397. The number of carbonyl (C=O) groups excluding carboxylic acids is 2. The van der Waals surface area contributed by atoms with E-state index in [0.29, 0.717) is 18.8 Å². The lowest BCUT2D eigenvalue weighted by Gasteiger charge is -2.21. The van der Waals surface area contributed by atoms with Crippen molar-refractivity contribution < 1.29 is 19.1 Å². The summed E-state index contributed by atoms with van der Waals surface area (Å²) in [6.45, 7) is 8.39. The molecule has 7 nitrogen and oxygen atoms in total. The van der Waals surface area contributed by atoms with Crippen molar-refractivity contribution in [3.63, 3.8) is 0 Å². The lowest BCUT2D eigenvalue weighted by molar-refractivity contribution is 0.0521. The van der Waals surface area contributed by atoms with Gasteiger partial charge in [0.05, 0.1) is 7.11 Å². The highest BCUT2D eigenvalue weighted by Crippen LogP contribution is 2.06. The first-order valence-corrected chi connectivity index (χ1v) is 7.17. The van der Waals surface area contributed by atoms with Gasteiger partial charge in [0.1, 0.15) is 11.3 Å². The molecular formula is C15H25N3O4. The Hall–Kier alpha value is -2.02. The van der Waals surface area contributed by atoms with Crippen LogP contribution in [0.4, 0.5) is 4.79 Å². The summed E-state index contributed by atoms with van der Waals surface area (Å²) in [6.07, 6.45) is -0.436.